The number of thiol groups is 1. The van der Waals surface area contributed by atoms with Gasteiger partial charge in [0.1, 0.15) is 17.2 Å². The van der Waals surface area contributed by atoms with Crippen LogP contribution in [-0.2, 0) is 5.41 Å². The first-order valence-electron chi connectivity index (χ1n) is 9.45. The smallest absolute Gasteiger partial charge is 0.178 e. The molecule has 0 saturated carbocycles. The monoisotopic (exact) mass is 421 g/mol. The zero-order valence-electron chi connectivity index (χ0n) is 16.8. The number of allylic oxidation sites excluding steroid dienone is 1. The summed E-state index contributed by atoms with van der Waals surface area (Å²) in [4.78, 5) is 11.1. The first-order chi connectivity index (χ1) is 13.9. The van der Waals surface area contributed by atoms with E-state index < -0.39 is 0 Å². The molecule has 29 heavy (non-hydrogen) atoms. The van der Waals surface area contributed by atoms with Crippen LogP contribution in [0.5, 0.6) is 0 Å². The van der Waals surface area contributed by atoms with Gasteiger partial charge < -0.3 is 4.90 Å². The lowest BCUT2D eigenvalue weighted by Crippen LogP contribution is -2.23. The maximum atomic E-state index is 9.42. The van der Waals surface area contributed by atoms with Crippen molar-refractivity contribution in [3.8, 4) is 12.1 Å². The number of benzene rings is 1. The number of unbranched alkanes of at least 4 members (excludes halogenated alkanes) is 1. The third kappa shape index (κ3) is 4.12. The minimum atomic E-state index is -0.207. The molecule has 5 nitrogen and oxygen atoms in total. The zero-order chi connectivity index (χ0) is 21.0. The second-order valence-electron chi connectivity index (χ2n) is 7.34. The lowest BCUT2D eigenvalue weighted by atomic mass is 9.83. The van der Waals surface area contributed by atoms with Crippen LogP contribution in [0.1, 0.15) is 49.3 Å². The van der Waals surface area contributed by atoms with Gasteiger partial charge in [-0.25, -0.2) is 9.97 Å². The molecule has 0 N–H and O–H groups in total. The van der Waals surface area contributed by atoms with E-state index in [9.17, 15) is 10.5 Å². The van der Waals surface area contributed by atoms with Gasteiger partial charge in [-0.3, -0.25) is 0 Å². The Morgan fingerprint density at radius 1 is 1.14 bits per heavy atom. The summed E-state index contributed by atoms with van der Waals surface area (Å²) in [6.07, 6.45) is 4.03. The van der Waals surface area contributed by atoms with Crippen molar-refractivity contribution in [1.29, 1.82) is 10.5 Å². The number of para-hydroxylation sites is 1. The summed E-state index contributed by atoms with van der Waals surface area (Å²) in [5.41, 5.74) is 4.07. The Morgan fingerprint density at radius 2 is 1.83 bits per heavy atom. The number of aromatic nitrogens is 2. The minimum absolute atomic E-state index is 0.0648. The van der Waals surface area contributed by atoms with Crippen molar-refractivity contribution in [2.75, 3.05) is 23.5 Å². The van der Waals surface area contributed by atoms with Gasteiger partial charge >= 0.3 is 0 Å². The number of thioether (sulfide) groups is 1. The van der Waals surface area contributed by atoms with Crippen LogP contribution in [0, 0.1) is 22.7 Å². The fraction of sp³-hybridized carbons (Fsp3) is 0.364. The van der Waals surface area contributed by atoms with Gasteiger partial charge in [0, 0.05) is 23.8 Å². The quantitative estimate of drug-likeness (QED) is 0.410. The molecule has 0 radical (unpaired) electrons. The van der Waals surface area contributed by atoms with Crippen LogP contribution in [0.25, 0.3) is 6.08 Å². The average Bonchev–Trinajstić information content (AvgIpc) is 2.92. The summed E-state index contributed by atoms with van der Waals surface area (Å²) in [5, 5.41) is 19.5. The van der Waals surface area contributed by atoms with Crippen LogP contribution in [0.15, 0.2) is 35.0 Å². The highest BCUT2D eigenvalue weighted by molar-refractivity contribution is 7.99. The van der Waals surface area contributed by atoms with E-state index in [0.29, 0.717) is 10.7 Å². The summed E-state index contributed by atoms with van der Waals surface area (Å²) in [6, 6.07) is 12.3. The SMILES string of the molecule is CN1/C(=C\c2nc(C#N)c(C#N)nc2SCCCCS)C(C)(C)c2ccccc21. The van der Waals surface area contributed by atoms with Gasteiger partial charge in [-0.1, -0.05) is 32.0 Å². The van der Waals surface area contributed by atoms with Crippen LogP contribution in [0.4, 0.5) is 5.69 Å². The van der Waals surface area contributed by atoms with E-state index >= 15 is 0 Å². The summed E-state index contributed by atoms with van der Waals surface area (Å²) in [5.74, 6) is 1.71. The number of fused-ring (bicyclic) bond motifs is 1. The van der Waals surface area contributed by atoms with Crippen LogP contribution in [0.2, 0.25) is 0 Å². The molecule has 2 aromatic rings. The molecule has 1 aromatic carbocycles. The van der Waals surface area contributed by atoms with E-state index in [0.717, 1.165) is 35.7 Å². The van der Waals surface area contributed by atoms with Gasteiger partial charge in [0.05, 0.1) is 5.69 Å². The number of anilines is 1. The number of nitrogens with zero attached hydrogens (tertiary/aromatic N) is 5. The summed E-state index contributed by atoms with van der Waals surface area (Å²) in [7, 11) is 2.04. The fourth-order valence-electron chi connectivity index (χ4n) is 3.56. The van der Waals surface area contributed by atoms with Gasteiger partial charge in [0.15, 0.2) is 11.4 Å². The third-order valence-electron chi connectivity index (χ3n) is 5.11. The van der Waals surface area contributed by atoms with Crippen molar-refractivity contribution in [3.05, 3.63) is 52.6 Å². The lowest BCUT2D eigenvalue weighted by Gasteiger charge is -2.24. The Morgan fingerprint density at radius 3 is 2.48 bits per heavy atom. The van der Waals surface area contributed by atoms with E-state index in [-0.39, 0.29) is 16.8 Å². The van der Waals surface area contributed by atoms with Crippen LogP contribution >= 0.6 is 24.4 Å². The molecule has 148 valence electrons. The predicted molar refractivity (Wildman–Crippen MR) is 121 cm³/mol. The molecule has 1 aliphatic rings. The maximum absolute atomic E-state index is 9.42. The average molecular weight is 422 g/mol. The summed E-state index contributed by atoms with van der Waals surface area (Å²) in [6.45, 7) is 4.37. The summed E-state index contributed by atoms with van der Waals surface area (Å²) >= 11 is 5.83. The topological polar surface area (TPSA) is 76.6 Å². The molecule has 0 spiro atoms. The van der Waals surface area contributed by atoms with Gasteiger partial charge in [-0.15, -0.1) is 11.8 Å². The number of hydrogen-bond donors (Lipinski definition) is 1. The predicted octanol–water partition coefficient (Wildman–Crippen LogP) is 4.79. The van der Waals surface area contributed by atoms with Crippen molar-refractivity contribution < 1.29 is 0 Å². The van der Waals surface area contributed by atoms with E-state index in [1.807, 2.05) is 31.3 Å². The molecule has 1 aromatic heterocycles. The molecule has 0 bridgehead atoms. The molecule has 1 aliphatic heterocycles. The molecule has 0 fully saturated rings. The van der Waals surface area contributed by atoms with Gasteiger partial charge in [-0.2, -0.15) is 23.2 Å². The van der Waals surface area contributed by atoms with E-state index in [2.05, 4.69) is 59.5 Å². The molecule has 0 aliphatic carbocycles. The fourth-order valence-corrected chi connectivity index (χ4v) is 4.73. The van der Waals surface area contributed by atoms with Crippen molar-refractivity contribution in [1.82, 2.24) is 9.97 Å². The molecule has 3 rings (SSSR count). The highest BCUT2D eigenvalue weighted by atomic mass is 32.2. The molecule has 0 atom stereocenters. The molecule has 2 heterocycles. The molecule has 7 heteroatoms. The Hall–Kier alpha value is -2.48. The second-order valence-corrected chi connectivity index (χ2v) is 8.88. The summed E-state index contributed by atoms with van der Waals surface area (Å²) < 4.78 is 0. The second kappa shape index (κ2) is 8.90. The molecular weight excluding hydrogens is 398 g/mol. The Bertz CT molecular complexity index is 1030. The zero-order valence-corrected chi connectivity index (χ0v) is 18.5. The van der Waals surface area contributed by atoms with E-state index in [1.54, 1.807) is 11.8 Å². The van der Waals surface area contributed by atoms with Crippen molar-refractivity contribution >= 4 is 36.2 Å². The number of rotatable bonds is 6. The maximum Gasteiger partial charge on any atom is 0.178 e. The highest BCUT2D eigenvalue weighted by Gasteiger charge is 2.38. The van der Waals surface area contributed by atoms with Crippen LogP contribution < -0.4 is 4.90 Å². The standard InChI is InChI=1S/C22H23N5S2/c1-22(2)15-8-4-5-9-19(15)27(3)20(22)12-16-21(29-11-7-6-10-28)26-18(14-24)17(13-23)25-16/h4-5,8-9,12,28H,6-7,10-11H2,1-3H3/b20-12-. The van der Waals surface area contributed by atoms with Crippen LogP contribution in [-0.4, -0.2) is 28.5 Å². The first-order valence-corrected chi connectivity index (χ1v) is 11.1. The first kappa shape index (κ1) is 21.2. The Balaban J connectivity index is 2.08. The number of likely N-dealkylation sites (N-methyl/N-ethyl adjacent to an activating group) is 1. The van der Waals surface area contributed by atoms with Crippen molar-refractivity contribution in [2.24, 2.45) is 0 Å². The Kier molecular flexibility index (Phi) is 6.52. The minimum Gasteiger partial charge on any atom is -0.347 e. The van der Waals surface area contributed by atoms with Gasteiger partial charge in [-0.05, 0) is 42.1 Å². The highest BCUT2D eigenvalue weighted by Crippen LogP contribution is 2.47. The largest absolute Gasteiger partial charge is 0.347 e. The molecule has 0 unspecified atom stereocenters. The van der Waals surface area contributed by atoms with E-state index in [1.165, 1.54) is 5.56 Å². The molecule has 0 amide bonds. The Labute approximate surface area is 181 Å². The normalized spacial score (nSPS) is 15.8. The molecular formula is C22H23N5S2. The van der Waals surface area contributed by atoms with E-state index in [4.69, 9.17) is 0 Å². The van der Waals surface area contributed by atoms with Gasteiger partial charge in [0.2, 0.25) is 0 Å². The molecule has 0 saturated heterocycles. The third-order valence-corrected chi connectivity index (χ3v) is 6.49. The van der Waals surface area contributed by atoms with Crippen LogP contribution in [0.3, 0.4) is 0 Å². The van der Waals surface area contributed by atoms with Crippen molar-refractivity contribution in [2.45, 2.75) is 37.1 Å². The number of hydrogen-bond acceptors (Lipinski definition) is 7. The number of nitriles is 2. The lowest BCUT2D eigenvalue weighted by molar-refractivity contribution is 0.644. The van der Waals surface area contributed by atoms with Gasteiger partial charge in [0.25, 0.3) is 0 Å². The van der Waals surface area contributed by atoms with Crippen molar-refractivity contribution in [3.63, 3.8) is 0 Å².